The van der Waals surface area contributed by atoms with Gasteiger partial charge < -0.3 is 9.88 Å². The van der Waals surface area contributed by atoms with Crippen LogP contribution in [0.4, 0.5) is 19.0 Å². The molecule has 4 heterocycles. The lowest BCUT2D eigenvalue weighted by Gasteiger charge is -2.17. The summed E-state index contributed by atoms with van der Waals surface area (Å²) < 4.78 is 64.4. The second kappa shape index (κ2) is 7.39. The van der Waals surface area contributed by atoms with Gasteiger partial charge in [0.05, 0.1) is 32.5 Å². The Labute approximate surface area is 193 Å². The van der Waals surface area contributed by atoms with Crippen LogP contribution >= 0.6 is 0 Å². The third-order valence-electron chi connectivity index (χ3n) is 6.41. The van der Waals surface area contributed by atoms with Crippen LogP contribution in [0.25, 0.3) is 28.1 Å². The van der Waals surface area contributed by atoms with Gasteiger partial charge >= 0.3 is 6.18 Å². The lowest BCUT2D eigenvalue weighted by molar-refractivity contribution is -0.141. The highest BCUT2D eigenvalue weighted by atomic mass is 32.2. The van der Waals surface area contributed by atoms with Crippen LogP contribution in [0.2, 0.25) is 0 Å². The summed E-state index contributed by atoms with van der Waals surface area (Å²) in [5, 5.41) is 8.02. The molecule has 5 rings (SSSR count). The Morgan fingerprint density at radius 2 is 2.00 bits per heavy atom. The van der Waals surface area contributed by atoms with Crippen molar-refractivity contribution in [2.45, 2.75) is 49.9 Å². The van der Waals surface area contributed by atoms with Gasteiger partial charge in [0.25, 0.3) is 0 Å². The summed E-state index contributed by atoms with van der Waals surface area (Å²) in [4.78, 5) is 12.4. The molecule has 1 saturated carbocycles. The van der Waals surface area contributed by atoms with Gasteiger partial charge in [-0.25, -0.2) is 23.9 Å². The van der Waals surface area contributed by atoms with Crippen molar-refractivity contribution in [1.82, 2.24) is 29.1 Å². The number of anilines is 1. The Morgan fingerprint density at radius 1 is 1.26 bits per heavy atom. The number of rotatable bonds is 6. The van der Waals surface area contributed by atoms with Crippen molar-refractivity contribution in [1.29, 1.82) is 4.78 Å². The summed E-state index contributed by atoms with van der Waals surface area (Å²) in [7, 11) is -1.70. The zero-order valence-corrected chi connectivity index (χ0v) is 19.6. The second-order valence-electron chi connectivity index (χ2n) is 8.52. The van der Waals surface area contributed by atoms with Gasteiger partial charge in [0.15, 0.2) is 10.7 Å². The lowest BCUT2D eigenvalue weighted by atomic mass is 10.2. The van der Waals surface area contributed by atoms with E-state index in [2.05, 4.69) is 32.3 Å². The van der Waals surface area contributed by atoms with E-state index in [0.717, 1.165) is 31.5 Å². The molecule has 0 radical (unpaired) electrons. The van der Waals surface area contributed by atoms with Gasteiger partial charge in [0.1, 0.15) is 17.3 Å². The molecule has 34 heavy (non-hydrogen) atoms. The summed E-state index contributed by atoms with van der Waals surface area (Å²) in [5.74, 6) is 0.869. The van der Waals surface area contributed by atoms with Crippen LogP contribution < -0.4 is 5.32 Å². The molecule has 0 spiro atoms. The highest BCUT2D eigenvalue weighted by molar-refractivity contribution is 7.92. The smallest absolute Gasteiger partial charge is 0.364 e. The summed E-state index contributed by atoms with van der Waals surface area (Å²) >= 11 is 0. The standard InChI is InChI=1S/C21H23F3N8OS/c1-4-20(7-8-20)29-15-6-9-26-17-16(19(30-32(15)17)34(25,33)5-2)18-28-12-10-14(21(22,23)24)27-11-13(12)31(18)3/h6,9-11,25,29H,4-5,7-8H2,1-3H3. The first-order chi connectivity index (χ1) is 16.0. The highest BCUT2D eigenvalue weighted by Crippen LogP contribution is 2.42. The molecule has 1 aliphatic carbocycles. The molecule has 0 saturated heterocycles. The average Bonchev–Trinajstić information content (AvgIpc) is 3.34. The molecular formula is C21H23F3N8OS. The number of nitrogens with zero attached hydrogens (tertiary/aromatic N) is 6. The number of aromatic nitrogens is 6. The van der Waals surface area contributed by atoms with Crippen LogP contribution in [0.1, 0.15) is 38.8 Å². The number of hydrogen-bond donors (Lipinski definition) is 2. The van der Waals surface area contributed by atoms with Gasteiger partial charge in [0, 0.05) is 24.5 Å². The lowest BCUT2D eigenvalue weighted by Crippen LogP contribution is -2.21. The van der Waals surface area contributed by atoms with Crippen molar-refractivity contribution in [3.63, 3.8) is 0 Å². The first kappa shape index (κ1) is 22.6. The van der Waals surface area contributed by atoms with Gasteiger partial charge in [-0.2, -0.15) is 22.8 Å². The fraction of sp³-hybridized carbons (Fsp3) is 0.429. The van der Waals surface area contributed by atoms with Crippen LogP contribution in [-0.4, -0.2) is 44.6 Å². The molecule has 0 amide bonds. The van der Waals surface area contributed by atoms with Crippen molar-refractivity contribution in [2.75, 3.05) is 11.1 Å². The Morgan fingerprint density at radius 3 is 2.62 bits per heavy atom. The Kier molecular flexibility index (Phi) is 4.90. The minimum atomic E-state index is -4.61. The average molecular weight is 493 g/mol. The number of halogens is 3. The maximum atomic E-state index is 13.2. The van der Waals surface area contributed by atoms with E-state index in [-0.39, 0.29) is 33.2 Å². The predicted molar refractivity (Wildman–Crippen MR) is 121 cm³/mol. The highest BCUT2D eigenvalue weighted by Gasteiger charge is 2.41. The maximum absolute atomic E-state index is 13.2. The maximum Gasteiger partial charge on any atom is 0.433 e. The minimum absolute atomic E-state index is 0.000468. The van der Waals surface area contributed by atoms with E-state index < -0.39 is 21.6 Å². The zero-order chi connectivity index (χ0) is 24.5. The molecule has 1 unspecified atom stereocenters. The molecule has 4 aromatic heterocycles. The van der Waals surface area contributed by atoms with Gasteiger partial charge in [-0.15, -0.1) is 0 Å². The van der Waals surface area contributed by atoms with Crippen LogP contribution in [0.5, 0.6) is 0 Å². The third-order valence-corrected chi connectivity index (χ3v) is 8.13. The van der Waals surface area contributed by atoms with E-state index in [9.17, 15) is 17.4 Å². The summed E-state index contributed by atoms with van der Waals surface area (Å²) in [6.07, 6.45) is 1.02. The molecule has 2 N–H and O–H groups in total. The topological polar surface area (TPSA) is 114 Å². The second-order valence-corrected chi connectivity index (χ2v) is 10.8. The summed E-state index contributed by atoms with van der Waals surface area (Å²) in [6.45, 7) is 3.72. The predicted octanol–water partition coefficient (Wildman–Crippen LogP) is 4.48. The molecule has 0 aromatic carbocycles. The molecular weight excluding hydrogens is 469 g/mol. The Hall–Kier alpha value is -3.22. The van der Waals surface area contributed by atoms with Crippen molar-refractivity contribution in [3.8, 4) is 11.4 Å². The number of alkyl halides is 3. The van der Waals surface area contributed by atoms with Crippen LogP contribution in [0.15, 0.2) is 29.6 Å². The van der Waals surface area contributed by atoms with Crippen molar-refractivity contribution >= 4 is 32.2 Å². The van der Waals surface area contributed by atoms with E-state index in [4.69, 9.17) is 4.78 Å². The normalized spacial score (nSPS) is 17.2. The molecule has 1 aliphatic rings. The number of fused-ring (bicyclic) bond motifs is 2. The molecule has 0 aliphatic heterocycles. The van der Waals surface area contributed by atoms with Crippen LogP contribution in [-0.2, 0) is 23.0 Å². The van der Waals surface area contributed by atoms with Gasteiger partial charge in [-0.1, -0.05) is 13.8 Å². The first-order valence-electron chi connectivity index (χ1n) is 10.8. The largest absolute Gasteiger partial charge is 0.433 e. The van der Waals surface area contributed by atoms with Crippen molar-refractivity contribution in [3.05, 3.63) is 30.2 Å². The number of hydrogen-bond acceptors (Lipinski definition) is 7. The molecule has 9 nitrogen and oxygen atoms in total. The third kappa shape index (κ3) is 3.49. The molecule has 1 fully saturated rings. The molecule has 13 heteroatoms. The first-order valence-corrected chi connectivity index (χ1v) is 12.5. The number of pyridine rings is 1. The van der Waals surface area contributed by atoms with Crippen LogP contribution in [0, 0.1) is 4.78 Å². The molecule has 180 valence electrons. The van der Waals surface area contributed by atoms with Gasteiger partial charge in [-0.3, -0.25) is 0 Å². The Bertz CT molecular complexity index is 1530. The molecule has 4 aromatic rings. The number of aryl methyl sites for hydroxylation is 1. The van der Waals surface area contributed by atoms with E-state index >= 15 is 0 Å². The summed E-state index contributed by atoms with van der Waals surface area (Å²) in [5.41, 5.74) is -0.0669. The van der Waals surface area contributed by atoms with E-state index in [1.807, 2.05) is 0 Å². The SMILES string of the molecule is CCC1(Nc2ccnc3c(-c4nc5cc(C(F)(F)F)ncc5n4C)c(S(=N)(=O)CC)nn23)CC1. The fourth-order valence-corrected chi connectivity index (χ4v) is 5.04. The minimum Gasteiger partial charge on any atom is -0.364 e. The monoisotopic (exact) mass is 492 g/mol. The number of imidazole rings is 1. The fourth-order valence-electron chi connectivity index (χ4n) is 4.04. The van der Waals surface area contributed by atoms with Gasteiger partial charge in [-0.05, 0) is 31.4 Å². The van der Waals surface area contributed by atoms with E-state index in [1.54, 1.807) is 30.8 Å². The van der Waals surface area contributed by atoms with Crippen molar-refractivity contribution in [2.24, 2.45) is 7.05 Å². The van der Waals surface area contributed by atoms with Gasteiger partial charge in [0.2, 0.25) is 0 Å². The van der Waals surface area contributed by atoms with E-state index in [1.165, 1.54) is 4.52 Å². The Balaban J connectivity index is 1.78. The molecule has 0 bridgehead atoms. The zero-order valence-electron chi connectivity index (χ0n) is 18.8. The summed E-state index contributed by atoms with van der Waals surface area (Å²) in [6, 6.07) is 2.63. The van der Waals surface area contributed by atoms with Crippen LogP contribution in [0.3, 0.4) is 0 Å². The quantitative estimate of drug-likeness (QED) is 0.410. The molecule has 1 atom stereocenters. The van der Waals surface area contributed by atoms with Crippen molar-refractivity contribution < 1.29 is 17.4 Å². The van der Waals surface area contributed by atoms with E-state index in [0.29, 0.717) is 17.0 Å². The number of nitrogens with one attached hydrogen (secondary N) is 2.